The fraction of sp³-hybridized carbons (Fsp3) is 0.304. The number of thioether (sulfide) groups is 1. The van der Waals surface area contributed by atoms with Crippen LogP contribution in [0.1, 0.15) is 25.0 Å². The van der Waals surface area contributed by atoms with E-state index < -0.39 is 0 Å². The van der Waals surface area contributed by atoms with Crippen LogP contribution in [0.15, 0.2) is 35.2 Å². The highest BCUT2D eigenvalue weighted by Crippen LogP contribution is 2.40. The number of methoxy groups -OCH3 is 1. The predicted octanol–water partition coefficient (Wildman–Crippen LogP) is 5.35. The maximum absolute atomic E-state index is 12.9. The number of hydrogen-bond donors (Lipinski definition) is 0. The molecule has 0 unspecified atom stereocenters. The van der Waals surface area contributed by atoms with E-state index in [1.54, 1.807) is 37.5 Å². The molecule has 0 N–H and O–H groups in total. The van der Waals surface area contributed by atoms with Crippen LogP contribution in [0.4, 0.5) is 4.79 Å². The number of hydrogen-bond acceptors (Lipinski definition) is 7. The van der Waals surface area contributed by atoms with E-state index in [1.165, 1.54) is 0 Å². The van der Waals surface area contributed by atoms with Gasteiger partial charge >= 0.3 is 0 Å². The van der Waals surface area contributed by atoms with E-state index in [2.05, 4.69) is 13.8 Å². The molecule has 1 saturated heterocycles. The molecule has 168 valence electrons. The smallest absolute Gasteiger partial charge is 0.293 e. The second-order valence-corrected chi connectivity index (χ2v) is 9.08. The molecule has 2 amide bonds. The molecule has 2 aromatic carbocycles. The number of imide groups is 1. The summed E-state index contributed by atoms with van der Waals surface area (Å²) in [6.07, 6.45) is 1.67. The fourth-order valence-corrected chi connectivity index (χ4v) is 4.24. The summed E-state index contributed by atoms with van der Waals surface area (Å²) in [5, 5.41) is 0.0397. The van der Waals surface area contributed by atoms with Crippen molar-refractivity contribution in [3.8, 4) is 23.0 Å². The summed E-state index contributed by atoms with van der Waals surface area (Å²) < 4.78 is 21.9. The summed E-state index contributed by atoms with van der Waals surface area (Å²) in [5.41, 5.74) is 1.33. The van der Waals surface area contributed by atoms with Crippen LogP contribution in [0.2, 0.25) is 5.02 Å². The van der Waals surface area contributed by atoms with Crippen molar-refractivity contribution in [2.45, 2.75) is 20.4 Å². The Bertz CT molecular complexity index is 1100. The minimum atomic E-state index is -0.382. The van der Waals surface area contributed by atoms with E-state index in [1.807, 2.05) is 6.07 Å². The lowest BCUT2D eigenvalue weighted by atomic mass is 10.1. The molecule has 0 saturated carbocycles. The average molecular weight is 476 g/mol. The van der Waals surface area contributed by atoms with Gasteiger partial charge in [0.1, 0.15) is 0 Å². The first-order valence-corrected chi connectivity index (χ1v) is 11.2. The van der Waals surface area contributed by atoms with Crippen LogP contribution in [-0.2, 0) is 11.3 Å². The maximum Gasteiger partial charge on any atom is 0.293 e. The number of benzene rings is 2. The molecular formula is C23H22ClNO6S. The number of nitrogens with zero attached hydrogens (tertiary/aromatic N) is 1. The summed E-state index contributed by atoms with van der Waals surface area (Å²) >= 11 is 7.20. The Kier molecular flexibility index (Phi) is 6.53. The van der Waals surface area contributed by atoms with Crippen molar-refractivity contribution >= 4 is 40.6 Å². The van der Waals surface area contributed by atoms with Gasteiger partial charge in [0.15, 0.2) is 23.0 Å². The predicted molar refractivity (Wildman–Crippen MR) is 122 cm³/mol. The Morgan fingerprint density at radius 1 is 1.16 bits per heavy atom. The molecule has 0 atom stereocenters. The van der Waals surface area contributed by atoms with Crippen molar-refractivity contribution in [1.29, 1.82) is 0 Å². The number of rotatable bonds is 7. The second-order valence-electron chi connectivity index (χ2n) is 7.68. The largest absolute Gasteiger partial charge is 0.493 e. The lowest BCUT2D eigenvalue weighted by molar-refractivity contribution is -0.123. The molecule has 2 aliphatic rings. The lowest BCUT2D eigenvalue weighted by Gasteiger charge is -2.14. The van der Waals surface area contributed by atoms with E-state index in [-0.39, 0.29) is 24.5 Å². The SMILES string of the molecule is COc1cc(/C=C2\SC(=O)N(Cc3cc4c(cc3Cl)OCO4)C2=O)ccc1OCC(C)C. The molecule has 9 heteroatoms. The molecule has 1 fully saturated rings. The molecule has 0 spiro atoms. The molecule has 2 heterocycles. The van der Waals surface area contributed by atoms with Crippen LogP contribution in [0.5, 0.6) is 23.0 Å². The Labute approximate surface area is 195 Å². The van der Waals surface area contributed by atoms with E-state index in [9.17, 15) is 9.59 Å². The zero-order valence-electron chi connectivity index (χ0n) is 17.8. The van der Waals surface area contributed by atoms with E-state index in [0.717, 1.165) is 22.2 Å². The monoisotopic (exact) mass is 475 g/mol. The summed E-state index contributed by atoms with van der Waals surface area (Å²) in [5.74, 6) is 2.27. The van der Waals surface area contributed by atoms with E-state index in [0.29, 0.717) is 51.0 Å². The van der Waals surface area contributed by atoms with Crippen LogP contribution in [0.3, 0.4) is 0 Å². The molecule has 0 bridgehead atoms. The number of carbonyl (C=O) groups excluding carboxylic acids is 2. The highest BCUT2D eigenvalue weighted by molar-refractivity contribution is 8.18. The van der Waals surface area contributed by atoms with Gasteiger partial charge in [-0.1, -0.05) is 31.5 Å². The maximum atomic E-state index is 12.9. The molecule has 2 aromatic rings. The lowest BCUT2D eigenvalue weighted by Crippen LogP contribution is -2.27. The first kappa shape index (κ1) is 22.4. The molecule has 0 aliphatic carbocycles. The number of halogens is 1. The highest BCUT2D eigenvalue weighted by atomic mass is 35.5. The van der Waals surface area contributed by atoms with Crippen LogP contribution in [0.25, 0.3) is 6.08 Å². The van der Waals surface area contributed by atoms with Gasteiger partial charge in [0.25, 0.3) is 11.1 Å². The second kappa shape index (κ2) is 9.34. The molecule has 32 heavy (non-hydrogen) atoms. The van der Waals surface area contributed by atoms with Crippen LogP contribution in [-0.4, -0.2) is 36.6 Å². The third-order valence-electron chi connectivity index (χ3n) is 4.80. The van der Waals surface area contributed by atoms with Gasteiger partial charge in [-0.05, 0) is 53.1 Å². The first-order chi connectivity index (χ1) is 15.4. The standard InChI is InChI=1S/C23H22ClNO6S/c1-13(2)11-29-17-5-4-14(6-18(17)28-3)7-21-22(26)25(23(27)32-21)10-15-8-19-20(9-16(15)24)31-12-30-19/h4-9,13H,10-12H2,1-3H3/b21-7-. The third-order valence-corrected chi connectivity index (χ3v) is 6.06. The van der Waals surface area contributed by atoms with Gasteiger partial charge in [-0.3, -0.25) is 14.5 Å². The molecule has 4 rings (SSSR count). The number of amides is 2. The van der Waals surface area contributed by atoms with Crippen molar-refractivity contribution in [1.82, 2.24) is 4.90 Å². The molecule has 0 aromatic heterocycles. The zero-order valence-corrected chi connectivity index (χ0v) is 19.4. The van der Waals surface area contributed by atoms with Gasteiger partial charge in [0.05, 0.1) is 25.2 Å². The summed E-state index contributed by atoms with van der Waals surface area (Å²) in [6, 6.07) is 8.71. The Morgan fingerprint density at radius 2 is 1.91 bits per heavy atom. The minimum Gasteiger partial charge on any atom is -0.493 e. The normalized spacial score (nSPS) is 16.4. The Morgan fingerprint density at radius 3 is 2.62 bits per heavy atom. The third kappa shape index (κ3) is 4.66. The van der Waals surface area contributed by atoms with Gasteiger partial charge in [0.2, 0.25) is 6.79 Å². The topological polar surface area (TPSA) is 74.3 Å². The van der Waals surface area contributed by atoms with Gasteiger partial charge in [-0.25, -0.2) is 0 Å². The van der Waals surface area contributed by atoms with E-state index >= 15 is 0 Å². The Hall–Kier alpha value is -2.84. The van der Waals surface area contributed by atoms with Crippen molar-refractivity contribution in [3.05, 3.63) is 51.4 Å². The van der Waals surface area contributed by atoms with Crippen LogP contribution in [0, 0.1) is 5.92 Å². The fourth-order valence-electron chi connectivity index (χ4n) is 3.19. The molecule has 7 nitrogen and oxygen atoms in total. The number of ether oxygens (including phenoxy) is 4. The van der Waals surface area contributed by atoms with Crippen molar-refractivity contribution in [3.63, 3.8) is 0 Å². The molecule has 2 aliphatic heterocycles. The Balaban J connectivity index is 1.52. The summed E-state index contributed by atoms with van der Waals surface area (Å²) in [7, 11) is 1.56. The van der Waals surface area contributed by atoms with Crippen LogP contribution >= 0.6 is 23.4 Å². The van der Waals surface area contributed by atoms with Crippen LogP contribution < -0.4 is 18.9 Å². The van der Waals surface area contributed by atoms with Gasteiger partial charge in [-0.15, -0.1) is 0 Å². The van der Waals surface area contributed by atoms with Gasteiger partial charge < -0.3 is 18.9 Å². The molecular weight excluding hydrogens is 454 g/mol. The van der Waals surface area contributed by atoms with Crippen molar-refractivity contribution in [2.75, 3.05) is 20.5 Å². The van der Waals surface area contributed by atoms with Gasteiger partial charge in [-0.2, -0.15) is 0 Å². The number of carbonyl (C=O) groups is 2. The average Bonchev–Trinajstić information content (AvgIpc) is 3.31. The summed E-state index contributed by atoms with van der Waals surface area (Å²) in [4.78, 5) is 27.0. The zero-order chi connectivity index (χ0) is 22.8. The minimum absolute atomic E-state index is 0.0444. The van der Waals surface area contributed by atoms with E-state index in [4.69, 9.17) is 30.5 Å². The van der Waals surface area contributed by atoms with Gasteiger partial charge in [0, 0.05) is 11.1 Å². The molecule has 0 radical (unpaired) electrons. The van der Waals surface area contributed by atoms with Crippen molar-refractivity contribution in [2.24, 2.45) is 5.92 Å². The highest BCUT2D eigenvalue weighted by Gasteiger charge is 2.35. The number of fused-ring (bicyclic) bond motifs is 1. The summed E-state index contributed by atoms with van der Waals surface area (Å²) in [6.45, 7) is 4.85. The quantitative estimate of drug-likeness (QED) is 0.500. The van der Waals surface area contributed by atoms with Crippen molar-refractivity contribution < 1.29 is 28.5 Å². The first-order valence-electron chi connectivity index (χ1n) is 10.00.